The standard InChI is InChI=1S/C17H18IN3O3/c1-11-5-3-4-6-14(11)19-10-16(22)21-20-9-12-7-13(18)17(23)15(8-12)24-2/h3-9,19,23H,10H2,1-2H3,(H,21,22)/b20-9-. The Labute approximate surface area is 154 Å². The van der Waals surface area contributed by atoms with E-state index in [1.807, 2.05) is 53.8 Å². The zero-order chi connectivity index (χ0) is 17.5. The highest BCUT2D eigenvalue weighted by atomic mass is 127. The number of aryl methyl sites for hydroxylation is 1. The number of aromatic hydroxyl groups is 1. The number of hydrogen-bond donors (Lipinski definition) is 3. The van der Waals surface area contributed by atoms with E-state index in [1.165, 1.54) is 13.3 Å². The van der Waals surface area contributed by atoms with Crippen molar-refractivity contribution in [3.8, 4) is 11.5 Å². The maximum Gasteiger partial charge on any atom is 0.259 e. The lowest BCUT2D eigenvalue weighted by Gasteiger charge is -2.08. The normalized spacial score (nSPS) is 10.6. The number of nitrogens with zero attached hydrogens (tertiary/aromatic N) is 1. The van der Waals surface area contributed by atoms with Crippen molar-refractivity contribution < 1.29 is 14.6 Å². The Hall–Kier alpha value is -2.29. The SMILES string of the molecule is COc1cc(/C=N\NC(=O)CNc2ccccc2C)cc(I)c1O. The van der Waals surface area contributed by atoms with Gasteiger partial charge in [-0.05, 0) is 58.8 Å². The fourth-order valence-electron chi connectivity index (χ4n) is 1.99. The molecular formula is C17H18IN3O3. The lowest BCUT2D eigenvalue weighted by molar-refractivity contribution is -0.119. The first-order valence-electron chi connectivity index (χ1n) is 7.19. The number of para-hydroxylation sites is 1. The highest BCUT2D eigenvalue weighted by molar-refractivity contribution is 14.1. The largest absolute Gasteiger partial charge is 0.504 e. The molecule has 0 unspecified atom stereocenters. The van der Waals surface area contributed by atoms with Crippen molar-refractivity contribution in [3.63, 3.8) is 0 Å². The Kier molecular flexibility index (Phi) is 6.42. The summed E-state index contributed by atoms with van der Waals surface area (Å²) in [5.74, 6) is 0.188. The van der Waals surface area contributed by atoms with E-state index in [0.717, 1.165) is 11.3 Å². The Bertz CT molecular complexity index is 763. The average molecular weight is 439 g/mol. The van der Waals surface area contributed by atoms with Crippen molar-refractivity contribution in [2.45, 2.75) is 6.92 Å². The summed E-state index contributed by atoms with van der Waals surface area (Å²) in [7, 11) is 1.48. The predicted octanol–water partition coefficient (Wildman–Crippen LogP) is 2.88. The highest BCUT2D eigenvalue weighted by Gasteiger charge is 2.07. The highest BCUT2D eigenvalue weighted by Crippen LogP contribution is 2.31. The number of halogens is 1. The number of ether oxygens (including phenoxy) is 1. The third kappa shape index (κ3) is 4.85. The van der Waals surface area contributed by atoms with Crippen LogP contribution in [0.15, 0.2) is 41.5 Å². The summed E-state index contributed by atoms with van der Waals surface area (Å²) in [6, 6.07) is 11.1. The maximum atomic E-state index is 11.8. The number of carbonyl (C=O) groups excluding carboxylic acids is 1. The molecule has 0 saturated carbocycles. The number of hydrazone groups is 1. The molecule has 1 amide bonds. The van der Waals surface area contributed by atoms with Gasteiger partial charge in [0.05, 0.1) is 23.4 Å². The van der Waals surface area contributed by atoms with Crippen LogP contribution in [0, 0.1) is 10.5 Å². The molecule has 2 rings (SSSR count). The minimum absolute atomic E-state index is 0.0849. The molecule has 0 radical (unpaired) electrons. The molecular weight excluding hydrogens is 421 g/mol. The third-order valence-electron chi connectivity index (χ3n) is 3.26. The number of hydrogen-bond acceptors (Lipinski definition) is 5. The van der Waals surface area contributed by atoms with E-state index in [4.69, 9.17) is 4.74 Å². The Morgan fingerprint density at radius 3 is 2.83 bits per heavy atom. The summed E-state index contributed by atoms with van der Waals surface area (Å²) < 4.78 is 5.72. The zero-order valence-electron chi connectivity index (χ0n) is 13.3. The predicted molar refractivity (Wildman–Crippen MR) is 103 cm³/mol. The van der Waals surface area contributed by atoms with Crippen LogP contribution in [0.3, 0.4) is 0 Å². The van der Waals surface area contributed by atoms with Crippen LogP contribution in [0.1, 0.15) is 11.1 Å². The Balaban J connectivity index is 1.91. The van der Waals surface area contributed by atoms with Crippen LogP contribution in [-0.4, -0.2) is 30.9 Å². The van der Waals surface area contributed by atoms with Gasteiger partial charge in [0.1, 0.15) is 0 Å². The Morgan fingerprint density at radius 1 is 1.38 bits per heavy atom. The number of rotatable bonds is 6. The number of nitrogens with one attached hydrogen (secondary N) is 2. The summed E-state index contributed by atoms with van der Waals surface area (Å²) in [4.78, 5) is 11.8. The molecule has 0 fully saturated rings. The summed E-state index contributed by atoms with van der Waals surface area (Å²) in [5, 5.41) is 16.8. The van der Waals surface area contributed by atoms with Crippen LogP contribution in [0.4, 0.5) is 5.69 Å². The van der Waals surface area contributed by atoms with E-state index in [-0.39, 0.29) is 18.2 Å². The van der Waals surface area contributed by atoms with Crippen LogP contribution < -0.4 is 15.5 Å². The third-order valence-corrected chi connectivity index (χ3v) is 4.08. The van der Waals surface area contributed by atoms with Gasteiger partial charge in [0.25, 0.3) is 5.91 Å². The smallest absolute Gasteiger partial charge is 0.259 e. The number of methoxy groups -OCH3 is 1. The van der Waals surface area contributed by atoms with Gasteiger partial charge in [-0.25, -0.2) is 5.43 Å². The monoisotopic (exact) mass is 439 g/mol. The number of benzene rings is 2. The fraction of sp³-hybridized carbons (Fsp3) is 0.176. The number of carbonyl (C=O) groups is 1. The molecule has 0 bridgehead atoms. The van der Waals surface area contributed by atoms with Crippen LogP contribution in [0.5, 0.6) is 11.5 Å². The fourth-order valence-corrected chi connectivity index (χ4v) is 2.61. The minimum Gasteiger partial charge on any atom is -0.504 e. The van der Waals surface area contributed by atoms with Gasteiger partial charge in [0.2, 0.25) is 0 Å². The molecule has 0 atom stereocenters. The van der Waals surface area contributed by atoms with Crippen molar-refractivity contribution in [1.29, 1.82) is 0 Å². The van der Waals surface area contributed by atoms with Crippen LogP contribution >= 0.6 is 22.6 Å². The van der Waals surface area contributed by atoms with Crippen LogP contribution in [-0.2, 0) is 4.79 Å². The van der Waals surface area contributed by atoms with E-state index in [2.05, 4.69) is 15.8 Å². The second-order valence-corrected chi connectivity index (χ2v) is 6.18. The van der Waals surface area contributed by atoms with E-state index < -0.39 is 0 Å². The van der Waals surface area contributed by atoms with Gasteiger partial charge in [-0.15, -0.1) is 0 Å². The maximum absolute atomic E-state index is 11.8. The molecule has 0 spiro atoms. The first-order chi connectivity index (χ1) is 11.5. The summed E-state index contributed by atoms with van der Waals surface area (Å²) in [5.41, 5.74) is 5.14. The topological polar surface area (TPSA) is 83.0 Å². The van der Waals surface area contributed by atoms with Gasteiger partial charge >= 0.3 is 0 Å². The van der Waals surface area contributed by atoms with Crippen molar-refractivity contribution >= 4 is 40.4 Å². The molecule has 24 heavy (non-hydrogen) atoms. The number of phenols is 1. The summed E-state index contributed by atoms with van der Waals surface area (Å²) >= 11 is 2.00. The molecule has 0 aliphatic heterocycles. The quantitative estimate of drug-likeness (QED) is 0.367. The van der Waals surface area contributed by atoms with E-state index in [9.17, 15) is 9.90 Å². The summed E-state index contributed by atoms with van der Waals surface area (Å²) in [6.07, 6.45) is 1.50. The van der Waals surface area contributed by atoms with Crippen LogP contribution in [0.25, 0.3) is 0 Å². The van der Waals surface area contributed by atoms with Crippen molar-refractivity contribution in [2.75, 3.05) is 19.0 Å². The molecule has 0 aliphatic rings. The van der Waals surface area contributed by atoms with Crippen molar-refractivity contribution in [2.24, 2.45) is 5.10 Å². The number of phenolic OH excluding ortho intramolecular Hbond substituents is 1. The van der Waals surface area contributed by atoms with E-state index in [0.29, 0.717) is 14.9 Å². The lowest BCUT2D eigenvalue weighted by Crippen LogP contribution is -2.26. The zero-order valence-corrected chi connectivity index (χ0v) is 15.5. The van der Waals surface area contributed by atoms with E-state index >= 15 is 0 Å². The first-order valence-corrected chi connectivity index (χ1v) is 8.27. The van der Waals surface area contributed by atoms with Gasteiger partial charge in [0, 0.05) is 5.69 Å². The molecule has 0 aliphatic carbocycles. The molecule has 6 nitrogen and oxygen atoms in total. The van der Waals surface area contributed by atoms with Crippen molar-refractivity contribution in [1.82, 2.24) is 5.43 Å². The van der Waals surface area contributed by atoms with Crippen molar-refractivity contribution in [3.05, 3.63) is 51.1 Å². The lowest BCUT2D eigenvalue weighted by atomic mass is 10.2. The average Bonchev–Trinajstić information content (AvgIpc) is 2.57. The molecule has 2 aromatic carbocycles. The van der Waals surface area contributed by atoms with Gasteiger partial charge in [-0.3, -0.25) is 4.79 Å². The van der Waals surface area contributed by atoms with E-state index in [1.54, 1.807) is 12.1 Å². The second kappa shape index (κ2) is 8.53. The molecule has 126 valence electrons. The Morgan fingerprint density at radius 2 is 2.12 bits per heavy atom. The minimum atomic E-state index is -0.255. The molecule has 2 aromatic rings. The molecule has 0 aromatic heterocycles. The molecule has 3 N–H and O–H groups in total. The van der Waals surface area contributed by atoms with Gasteiger partial charge in [-0.1, -0.05) is 18.2 Å². The van der Waals surface area contributed by atoms with Crippen LogP contribution in [0.2, 0.25) is 0 Å². The number of anilines is 1. The molecule has 0 heterocycles. The number of amides is 1. The molecule has 0 saturated heterocycles. The van der Waals surface area contributed by atoms with Gasteiger partial charge in [-0.2, -0.15) is 5.10 Å². The van der Waals surface area contributed by atoms with Gasteiger partial charge in [0.15, 0.2) is 11.5 Å². The van der Waals surface area contributed by atoms with Gasteiger partial charge < -0.3 is 15.2 Å². The summed E-state index contributed by atoms with van der Waals surface area (Å²) in [6.45, 7) is 2.09. The second-order valence-electron chi connectivity index (χ2n) is 5.02. The first kappa shape index (κ1) is 18.1. The molecule has 7 heteroatoms.